The van der Waals surface area contributed by atoms with Crippen LogP contribution < -0.4 is 15.4 Å². The highest BCUT2D eigenvalue weighted by Gasteiger charge is 2.33. The normalized spacial score (nSPS) is 11.7. The van der Waals surface area contributed by atoms with E-state index in [-0.39, 0.29) is 36.3 Å². The second kappa shape index (κ2) is 10.5. The molecule has 0 unspecified atom stereocenters. The van der Waals surface area contributed by atoms with Crippen molar-refractivity contribution in [3.05, 3.63) is 39.8 Å². The quantitative estimate of drug-likeness (QED) is 0.312. The summed E-state index contributed by atoms with van der Waals surface area (Å²) in [5.74, 6) is 1.14. The molecule has 0 saturated carbocycles. The molecule has 1 aromatic carbocycles. The minimum absolute atomic E-state index is 0. The SMILES string of the molecule is CN=C(NCCc1ccc(OC)cc1O)NCc1nc(C(F)(F)F)cs1.I. The Kier molecular flexibility index (Phi) is 9.09. The zero-order valence-electron chi connectivity index (χ0n) is 14.6. The number of halogens is 4. The second-order valence-electron chi connectivity index (χ2n) is 5.22. The smallest absolute Gasteiger partial charge is 0.434 e. The van der Waals surface area contributed by atoms with Crippen molar-refractivity contribution in [1.82, 2.24) is 15.6 Å². The number of ether oxygens (including phenoxy) is 1. The van der Waals surface area contributed by atoms with E-state index in [1.807, 2.05) is 0 Å². The molecule has 1 heterocycles. The Hall–Kier alpha value is -1.76. The van der Waals surface area contributed by atoms with Gasteiger partial charge in [-0.2, -0.15) is 13.2 Å². The highest BCUT2D eigenvalue weighted by Crippen LogP contribution is 2.29. The molecule has 0 aliphatic carbocycles. The number of aromatic nitrogens is 1. The van der Waals surface area contributed by atoms with Crippen LogP contribution in [0.15, 0.2) is 28.6 Å². The molecule has 0 fully saturated rings. The molecule has 11 heteroatoms. The van der Waals surface area contributed by atoms with Crippen molar-refractivity contribution in [2.75, 3.05) is 20.7 Å². The summed E-state index contributed by atoms with van der Waals surface area (Å²) in [5, 5.41) is 17.2. The standard InChI is InChI=1S/C16H19F3N4O2S.HI/c1-20-15(22-8-14-23-13(9-26-14)16(17,18)19)21-6-5-10-3-4-11(25-2)7-12(10)24;/h3-4,7,9,24H,5-6,8H2,1-2H3,(H2,20,21,22);1H. The first-order valence-electron chi connectivity index (χ1n) is 7.65. The second-order valence-corrected chi connectivity index (χ2v) is 6.16. The summed E-state index contributed by atoms with van der Waals surface area (Å²) < 4.78 is 42.6. The van der Waals surface area contributed by atoms with E-state index in [1.165, 1.54) is 13.2 Å². The molecule has 1 aromatic heterocycles. The van der Waals surface area contributed by atoms with E-state index >= 15 is 0 Å². The van der Waals surface area contributed by atoms with Crippen LogP contribution in [0.25, 0.3) is 0 Å². The van der Waals surface area contributed by atoms with Gasteiger partial charge in [0.1, 0.15) is 16.5 Å². The Morgan fingerprint density at radius 3 is 2.63 bits per heavy atom. The number of nitrogens with zero attached hydrogens (tertiary/aromatic N) is 2. The highest BCUT2D eigenvalue weighted by atomic mass is 127. The lowest BCUT2D eigenvalue weighted by molar-refractivity contribution is -0.140. The maximum Gasteiger partial charge on any atom is 0.434 e. The van der Waals surface area contributed by atoms with Gasteiger partial charge in [-0.3, -0.25) is 4.99 Å². The third-order valence-electron chi connectivity index (χ3n) is 3.45. The summed E-state index contributed by atoms with van der Waals surface area (Å²) in [6.45, 7) is 0.611. The van der Waals surface area contributed by atoms with Gasteiger partial charge in [0.2, 0.25) is 0 Å². The zero-order valence-corrected chi connectivity index (χ0v) is 17.8. The molecular weight excluding hydrogens is 496 g/mol. The van der Waals surface area contributed by atoms with Crippen LogP contribution in [0.3, 0.4) is 0 Å². The number of guanidine groups is 1. The molecule has 0 radical (unpaired) electrons. The average Bonchev–Trinajstić information content (AvgIpc) is 3.08. The number of rotatable bonds is 6. The molecule has 0 spiro atoms. The van der Waals surface area contributed by atoms with Gasteiger partial charge in [0.15, 0.2) is 11.7 Å². The number of methoxy groups -OCH3 is 1. The number of aliphatic imine (C=N–C) groups is 1. The molecule has 6 nitrogen and oxygen atoms in total. The molecule has 3 N–H and O–H groups in total. The van der Waals surface area contributed by atoms with Crippen molar-refractivity contribution in [1.29, 1.82) is 0 Å². The van der Waals surface area contributed by atoms with Gasteiger partial charge in [0.05, 0.1) is 13.7 Å². The van der Waals surface area contributed by atoms with E-state index in [1.54, 1.807) is 19.2 Å². The third kappa shape index (κ3) is 7.05. The van der Waals surface area contributed by atoms with Crippen molar-refractivity contribution >= 4 is 41.3 Å². The first kappa shape index (κ1) is 23.3. The predicted molar refractivity (Wildman–Crippen MR) is 109 cm³/mol. The third-order valence-corrected chi connectivity index (χ3v) is 4.30. The van der Waals surface area contributed by atoms with Gasteiger partial charge in [0.25, 0.3) is 0 Å². The molecule has 0 amide bonds. The van der Waals surface area contributed by atoms with E-state index in [0.717, 1.165) is 22.3 Å². The lowest BCUT2D eigenvalue weighted by atomic mass is 10.1. The van der Waals surface area contributed by atoms with Gasteiger partial charge in [-0.15, -0.1) is 35.3 Å². The van der Waals surface area contributed by atoms with Gasteiger partial charge in [-0.05, 0) is 18.1 Å². The number of alkyl halides is 3. The Balaban J connectivity index is 0.00000364. The van der Waals surface area contributed by atoms with Crippen molar-refractivity contribution in [3.8, 4) is 11.5 Å². The first-order valence-corrected chi connectivity index (χ1v) is 8.53. The van der Waals surface area contributed by atoms with Gasteiger partial charge < -0.3 is 20.5 Å². The van der Waals surface area contributed by atoms with E-state index < -0.39 is 11.9 Å². The highest BCUT2D eigenvalue weighted by molar-refractivity contribution is 14.0. The number of aromatic hydroxyl groups is 1. The number of nitrogens with one attached hydrogen (secondary N) is 2. The number of phenolic OH excluding ortho intramolecular Hbond substituents is 1. The fraction of sp³-hybridized carbons (Fsp3) is 0.375. The molecule has 2 aromatic rings. The molecule has 0 saturated heterocycles. The van der Waals surface area contributed by atoms with Gasteiger partial charge >= 0.3 is 6.18 Å². The van der Waals surface area contributed by atoms with E-state index in [2.05, 4.69) is 20.6 Å². The summed E-state index contributed by atoms with van der Waals surface area (Å²) in [7, 11) is 3.08. The zero-order chi connectivity index (χ0) is 19.2. The molecule has 2 rings (SSSR count). The van der Waals surface area contributed by atoms with Gasteiger partial charge in [-0.25, -0.2) is 4.98 Å². The van der Waals surface area contributed by atoms with Crippen molar-refractivity contribution in [2.45, 2.75) is 19.1 Å². The number of thiazole rings is 1. The minimum Gasteiger partial charge on any atom is -0.508 e. The maximum absolute atomic E-state index is 12.5. The lowest BCUT2D eigenvalue weighted by Crippen LogP contribution is -2.37. The first-order chi connectivity index (χ1) is 12.3. The van der Waals surface area contributed by atoms with Gasteiger partial charge in [0, 0.05) is 25.0 Å². The van der Waals surface area contributed by atoms with Crippen molar-refractivity contribution in [3.63, 3.8) is 0 Å². The average molecular weight is 516 g/mol. The Bertz CT molecular complexity index is 768. The Morgan fingerprint density at radius 1 is 1.33 bits per heavy atom. The van der Waals surface area contributed by atoms with Crippen LogP contribution in [0.2, 0.25) is 0 Å². The summed E-state index contributed by atoms with van der Waals surface area (Å²) in [6.07, 6.45) is -3.90. The van der Waals surface area contributed by atoms with Crippen LogP contribution >= 0.6 is 35.3 Å². The van der Waals surface area contributed by atoms with E-state index in [4.69, 9.17) is 4.74 Å². The summed E-state index contributed by atoms with van der Waals surface area (Å²) in [5.41, 5.74) is -0.152. The number of benzene rings is 1. The van der Waals surface area contributed by atoms with Crippen LogP contribution in [-0.2, 0) is 19.1 Å². The lowest BCUT2D eigenvalue weighted by Gasteiger charge is -2.12. The summed E-state index contributed by atoms with van der Waals surface area (Å²) >= 11 is 0.934. The van der Waals surface area contributed by atoms with Crippen LogP contribution in [-0.4, -0.2) is 36.8 Å². The molecule has 0 aliphatic rings. The molecule has 150 valence electrons. The predicted octanol–water partition coefficient (Wildman–Crippen LogP) is 3.40. The fourth-order valence-corrected chi connectivity index (χ4v) is 2.84. The van der Waals surface area contributed by atoms with E-state index in [9.17, 15) is 18.3 Å². The van der Waals surface area contributed by atoms with Crippen LogP contribution in [0.1, 0.15) is 16.3 Å². The number of phenols is 1. The monoisotopic (exact) mass is 516 g/mol. The molecular formula is C16H20F3IN4O2S. The van der Waals surface area contributed by atoms with Gasteiger partial charge in [-0.1, -0.05) is 6.07 Å². The van der Waals surface area contributed by atoms with Crippen LogP contribution in [0, 0.1) is 0 Å². The molecule has 27 heavy (non-hydrogen) atoms. The maximum atomic E-state index is 12.5. The Morgan fingerprint density at radius 2 is 2.07 bits per heavy atom. The minimum atomic E-state index is -4.44. The van der Waals surface area contributed by atoms with Crippen LogP contribution in [0.4, 0.5) is 13.2 Å². The fourth-order valence-electron chi connectivity index (χ4n) is 2.10. The molecule has 0 atom stereocenters. The van der Waals surface area contributed by atoms with Crippen LogP contribution in [0.5, 0.6) is 11.5 Å². The molecule has 0 bridgehead atoms. The van der Waals surface area contributed by atoms with E-state index in [0.29, 0.717) is 29.7 Å². The van der Waals surface area contributed by atoms with Crippen molar-refractivity contribution in [2.24, 2.45) is 4.99 Å². The topological polar surface area (TPSA) is 78.8 Å². The number of hydrogen-bond acceptors (Lipinski definition) is 5. The van der Waals surface area contributed by atoms with Crippen molar-refractivity contribution < 1.29 is 23.0 Å². The Labute approximate surface area is 175 Å². The largest absolute Gasteiger partial charge is 0.508 e. The number of hydrogen-bond donors (Lipinski definition) is 3. The summed E-state index contributed by atoms with van der Waals surface area (Å²) in [4.78, 5) is 7.55. The summed E-state index contributed by atoms with van der Waals surface area (Å²) in [6, 6.07) is 5.05. The molecule has 0 aliphatic heterocycles.